The van der Waals surface area contributed by atoms with Crippen molar-refractivity contribution in [3.63, 3.8) is 0 Å². The van der Waals surface area contributed by atoms with Gasteiger partial charge in [-0.3, -0.25) is 9.36 Å². The summed E-state index contributed by atoms with van der Waals surface area (Å²) in [5.74, 6) is 0.644. The molecular formula is C29H29N3O5S. The lowest BCUT2D eigenvalue weighted by molar-refractivity contribution is -0.139. The van der Waals surface area contributed by atoms with E-state index < -0.39 is 12.0 Å². The molecule has 0 spiro atoms. The molecule has 0 unspecified atom stereocenters. The van der Waals surface area contributed by atoms with Gasteiger partial charge in [-0.2, -0.15) is 0 Å². The smallest absolute Gasteiger partial charge is 0.338 e. The zero-order valence-electron chi connectivity index (χ0n) is 21.7. The maximum absolute atomic E-state index is 13.9. The van der Waals surface area contributed by atoms with Gasteiger partial charge in [-0.15, -0.1) is 0 Å². The molecule has 0 amide bonds. The van der Waals surface area contributed by atoms with E-state index in [1.165, 1.54) is 11.3 Å². The van der Waals surface area contributed by atoms with E-state index in [0.717, 1.165) is 16.5 Å². The summed E-state index contributed by atoms with van der Waals surface area (Å²) in [7, 11) is 0. The van der Waals surface area contributed by atoms with Gasteiger partial charge in [0, 0.05) is 22.7 Å². The highest BCUT2D eigenvalue weighted by Crippen LogP contribution is 2.36. The molecule has 1 aliphatic rings. The maximum Gasteiger partial charge on any atom is 0.338 e. The number of hydrogen-bond acceptors (Lipinski definition) is 7. The number of nitrogens with zero attached hydrogens (tertiary/aromatic N) is 2. The molecular weight excluding hydrogens is 502 g/mol. The van der Waals surface area contributed by atoms with Crippen LogP contribution in [-0.2, 0) is 9.53 Å². The second-order valence-corrected chi connectivity index (χ2v) is 9.67. The van der Waals surface area contributed by atoms with Crippen LogP contribution in [-0.4, -0.2) is 35.3 Å². The average Bonchev–Trinajstić information content (AvgIpc) is 3.45. The van der Waals surface area contributed by atoms with Crippen molar-refractivity contribution < 1.29 is 19.0 Å². The van der Waals surface area contributed by atoms with Crippen LogP contribution in [0.1, 0.15) is 44.9 Å². The van der Waals surface area contributed by atoms with Gasteiger partial charge in [0.2, 0.25) is 0 Å². The predicted molar refractivity (Wildman–Crippen MR) is 147 cm³/mol. The molecule has 9 heteroatoms. The highest BCUT2D eigenvalue weighted by molar-refractivity contribution is 7.07. The van der Waals surface area contributed by atoms with E-state index in [2.05, 4.69) is 9.98 Å². The summed E-state index contributed by atoms with van der Waals surface area (Å²) in [5, 5.41) is 1.02. The fourth-order valence-corrected chi connectivity index (χ4v) is 5.74. The van der Waals surface area contributed by atoms with Gasteiger partial charge in [0.1, 0.15) is 0 Å². The molecule has 1 aliphatic heterocycles. The summed E-state index contributed by atoms with van der Waals surface area (Å²) in [5.41, 5.74) is 3.20. The van der Waals surface area contributed by atoms with Crippen molar-refractivity contribution in [1.29, 1.82) is 0 Å². The Morgan fingerprint density at radius 3 is 2.61 bits per heavy atom. The van der Waals surface area contributed by atoms with Gasteiger partial charge >= 0.3 is 5.97 Å². The molecule has 1 N–H and O–H groups in total. The molecule has 196 valence electrons. The monoisotopic (exact) mass is 531 g/mol. The van der Waals surface area contributed by atoms with Crippen molar-refractivity contribution in [2.45, 2.75) is 33.7 Å². The lowest BCUT2D eigenvalue weighted by Gasteiger charge is -2.25. The summed E-state index contributed by atoms with van der Waals surface area (Å²) in [4.78, 5) is 35.5. The molecule has 2 aromatic heterocycles. The van der Waals surface area contributed by atoms with E-state index in [0.29, 0.717) is 50.9 Å². The van der Waals surface area contributed by atoms with Gasteiger partial charge in [-0.25, -0.2) is 9.79 Å². The van der Waals surface area contributed by atoms with Crippen LogP contribution < -0.4 is 24.4 Å². The number of benzene rings is 2. The number of nitrogens with one attached hydrogen (secondary N) is 1. The maximum atomic E-state index is 13.9. The van der Waals surface area contributed by atoms with E-state index in [-0.39, 0.29) is 12.2 Å². The number of allylic oxidation sites excluding steroid dienone is 1. The number of aromatic amines is 1. The Balaban J connectivity index is 1.73. The van der Waals surface area contributed by atoms with E-state index in [1.807, 2.05) is 68.6 Å². The number of fused-ring (bicyclic) bond motifs is 2. The third-order valence-corrected chi connectivity index (χ3v) is 7.29. The van der Waals surface area contributed by atoms with Crippen molar-refractivity contribution in [3.8, 4) is 11.5 Å². The summed E-state index contributed by atoms with van der Waals surface area (Å²) in [6.45, 7) is 8.45. The van der Waals surface area contributed by atoms with Gasteiger partial charge in [0.05, 0.1) is 41.7 Å². The topological polar surface area (TPSA) is 94.9 Å². The van der Waals surface area contributed by atoms with Crippen molar-refractivity contribution in [2.75, 3.05) is 19.8 Å². The first-order valence-electron chi connectivity index (χ1n) is 12.6. The molecule has 8 nitrogen and oxygen atoms in total. The second kappa shape index (κ2) is 10.7. The zero-order chi connectivity index (χ0) is 26.8. The largest absolute Gasteiger partial charge is 0.490 e. The van der Waals surface area contributed by atoms with Gasteiger partial charge < -0.3 is 19.2 Å². The molecule has 0 aliphatic carbocycles. The number of hydrogen-bond donors (Lipinski definition) is 1. The molecule has 0 bridgehead atoms. The third-order valence-electron chi connectivity index (χ3n) is 6.31. The van der Waals surface area contributed by atoms with Gasteiger partial charge in [0.15, 0.2) is 16.3 Å². The summed E-state index contributed by atoms with van der Waals surface area (Å²) in [6.07, 6.45) is 3.75. The number of aromatic nitrogens is 2. The minimum absolute atomic E-state index is 0.209. The van der Waals surface area contributed by atoms with E-state index in [1.54, 1.807) is 18.4 Å². The van der Waals surface area contributed by atoms with Crippen LogP contribution >= 0.6 is 11.3 Å². The Morgan fingerprint density at radius 2 is 1.84 bits per heavy atom. The Morgan fingerprint density at radius 1 is 1.08 bits per heavy atom. The van der Waals surface area contributed by atoms with Crippen LogP contribution in [0.2, 0.25) is 0 Å². The number of esters is 1. The van der Waals surface area contributed by atoms with Crippen LogP contribution in [0.25, 0.3) is 17.0 Å². The first kappa shape index (κ1) is 25.5. The Kier molecular flexibility index (Phi) is 7.20. The fourth-order valence-electron chi connectivity index (χ4n) is 4.70. The molecule has 4 aromatic rings. The molecule has 3 heterocycles. The number of carbonyl (C=O) groups is 1. The van der Waals surface area contributed by atoms with Crippen LogP contribution in [0.15, 0.2) is 69.7 Å². The Labute approximate surface area is 223 Å². The van der Waals surface area contributed by atoms with Crippen molar-refractivity contribution in [3.05, 3.63) is 90.7 Å². The quantitative estimate of drug-likeness (QED) is 0.346. The van der Waals surface area contributed by atoms with Gasteiger partial charge in [-0.05, 0) is 57.5 Å². The fraction of sp³-hybridized carbons (Fsp3) is 0.276. The summed E-state index contributed by atoms with van der Waals surface area (Å²) in [6, 6.07) is 12.7. The number of ether oxygens (including phenoxy) is 3. The highest BCUT2D eigenvalue weighted by atomic mass is 32.1. The van der Waals surface area contributed by atoms with E-state index >= 15 is 0 Å². The van der Waals surface area contributed by atoms with Crippen LogP contribution in [0.4, 0.5) is 0 Å². The lowest BCUT2D eigenvalue weighted by atomic mass is 9.95. The second-order valence-electron chi connectivity index (χ2n) is 8.66. The number of rotatable bonds is 8. The Bertz CT molecular complexity index is 1730. The van der Waals surface area contributed by atoms with E-state index in [4.69, 9.17) is 14.2 Å². The minimum Gasteiger partial charge on any atom is -0.490 e. The first-order valence-corrected chi connectivity index (χ1v) is 13.4. The third kappa shape index (κ3) is 4.54. The van der Waals surface area contributed by atoms with Crippen molar-refractivity contribution in [2.24, 2.45) is 4.99 Å². The summed E-state index contributed by atoms with van der Waals surface area (Å²) >= 11 is 1.30. The summed E-state index contributed by atoms with van der Waals surface area (Å²) < 4.78 is 19.1. The van der Waals surface area contributed by atoms with E-state index in [9.17, 15) is 9.59 Å². The molecule has 0 saturated heterocycles. The van der Waals surface area contributed by atoms with Gasteiger partial charge in [-0.1, -0.05) is 35.6 Å². The van der Waals surface area contributed by atoms with Crippen molar-refractivity contribution in [1.82, 2.24) is 9.55 Å². The number of carbonyl (C=O) groups excluding carboxylic acids is 1. The molecule has 38 heavy (non-hydrogen) atoms. The molecule has 0 saturated carbocycles. The zero-order valence-corrected chi connectivity index (χ0v) is 22.6. The molecule has 2 aromatic carbocycles. The average molecular weight is 532 g/mol. The lowest BCUT2D eigenvalue weighted by Crippen LogP contribution is -2.40. The molecule has 5 rings (SSSR count). The Hall–Kier alpha value is -4.11. The molecule has 1 atom stereocenters. The predicted octanol–water partition coefficient (Wildman–Crippen LogP) is 4.08. The SMILES string of the molecule is CCOC(=O)C1=C(C)N=c2s/c(=C\c3c[nH]c4ccccc34)c(=O)n2[C@H]1c1ccc(OCC)c(OCC)c1. The van der Waals surface area contributed by atoms with Crippen LogP contribution in [0, 0.1) is 0 Å². The van der Waals surface area contributed by atoms with Crippen LogP contribution in [0.5, 0.6) is 11.5 Å². The van der Waals surface area contributed by atoms with Crippen LogP contribution in [0.3, 0.4) is 0 Å². The minimum atomic E-state index is -0.731. The number of thiazole rings is 1. The molecule has 0 radical (unpaired) electrons. The molecule has 0 fully saturated rings. The normalized spacial score (nSPS) is 15.4. The van der Waals surface area contributed by atoms with Crippen molar-refractivity contribution >= 4 is 34.3 Å². The first-order chi connectivity index (χ1) is 18.5. The number of H-pyrrole nitrogens is 1. The van der Waals surface area contributed by atoms with Gasteiger partial charge in [0.25, 0.3) is 5.56 Å². The highest BCUT2D eigenvalue weighted by Gasteiger charge is 2.34. The number of para-hydroxylation sites is 1. The standard InChI is InChI=1S/C29H29N3O5S/c1-5-35-22-13-12-18(14-23(22)36-6-2)26-25(28(34)37-7-3)17(4)31-29-32(26)27(33)24(38-29)15-19-16-30-21-11-9-8-10-20(19)21/h8-16,26,30H,5-7H2,1-4H3/b24-15-/t26-/m0/s1.